The molecule has 0 aliphatic carbocycles. The van der Waals surface area contributed by atoms with Crippen LogP contribution in [0.2, 0.25) is 0 Å². The Balaban J connectivity index is 2.25. The molecule has 1 amide bonds. The second-order valence-electron chi connectivity index (χ2n) is 8.65. The Bertz CT molecular complexity index is 959. The summed E-state index contributed by atoms with van der Waals surface area (Å²) in [5, 5.41) is 2.86. The summed E-state index contributed by atoms with van der Waals surface area (Å²) in [5.74, 6) is -0.682. The molecule has 0 bridgehead atoms. The first-order valence-electron chi connectivity index (χ1n) is 10.2. The highest BCUT2D eigenvalue weighted by molar-refractivity contribution is 6.08. The minimum Gasteiger partial charge on any atom is -0.444 e. The fraction of sp³-hybridized carbons (Fsp3) is 0.360. The van der Waals surface area contributed by atoms with Crippen molar-refractivity contribution in [3.8, 4) is 0 Å². The van der Waals surface area contributed by atoms with Gasteiger partial charge in [-0.1, -0.05) is 55.5 Å². The van der Waals surface area contributed by atoms with E-state index in [-0.39, 0.29) is 17.3 Å². The van der Waals surface area contributed by atoms with Gasteiger partial charge >= 0.3 is 12.3 Å². The van der Waals surface area contributed by atoms with Gasteiger partial charge in [0.05, 0.1) is 11.6 Å². The first kappa shape index (κ1) is 25.2. The van der Waals surface area contributed by atoms with Gasteiger partial charge in [0, 0.05) is 5.56 Å². The summed E-state index contributed by atoms with van der Waals surface area (Å²) >= 11 is 0. The van der Waals surface area contributed by atoms with Crippen molar-refractivity contribution in [3.05, 3.63) is 82.9 Å². The number of allylic oxidation sites excluding steroid dienone is 1. The molecule has 2 atom stereocenters. The number of halogens is 3. The Morgan fingerprint density at radius 3 is 2.03 bits per heavy atom. The summed E-state index contributed by atoms with van der Waals surface area (Å²) in [7, 11) is 0. The van der Waals surface area contributed by atoms with E-state index in [1.165, 1.54) is 12.1 Å². The third-order valence-electron chi connectivity index (χ3n) is 4.70. The molecule has 7 heteroatoms. The molecule has 0 radical (unpaired) electrons. The third-order valence-corrected chi connectivity index (χ3v) is 4.70. The third kappa shape index (κ3) is 7.25. The average molecular weight is 447 g/mol. The lowest BCUT2D eigenvalue weighted by Gasteiger charge is -2.27. The Labute approximate surface area is 186 Å². The Morgan fingerprint density at radius 1 is 0.969 bits per heavy atom. The number of hydrogen-bond donors (Lipinski definition) is 1. The zero-order chi connectivity index (χ0) is 24.1. The lowest BCUT2D eigenvalue weighted by Crippen LogP contribution is -2.37. The molecular weight excluding hydrogens is 419 g/mol. The van der Waals surface area contributed by atoms with E-state index in [2.05, 4.69) is 5.32 Å². The first-order valence-corrected chi connectivity index (χ1v) is 10.2. The lowest BCUT2D eigenvalue weighted by molar-refractivity contribution is -0.137. The van der Waals surface area contributed by atoms with E-state index in [0.717, 1.165) is 17.7 Å². The lowest BCUT2D eigenvalue weighted by atomic mass is 9.91. The van der Waals surface area contributed by atoms with E-state index >= 15 is 0 Å². The summed E-state index contributed by atoms with van der Waals surface area (Å²) in [5.41, 5.74) is -0.120. The number of ketones is 1. The molecule has 0 fully saturated rings. The number of nitrogens with one attached hydrogen (secondary N) is 1. The van der Waals surface area contributed by atoms with Crippen molar-refractivity contribution in [1.82, 2.24) is 5.32 Å². The van der Waals surface area contributed by atoms with E-state index < -0.39 is 29.5 Å². The molecule has 32 heavy (non-hydrogen) atoms. The van der Waals surface area contributed by atoms with E-state index in [1.807, 2.05) is 37.3 Å². The van der Waals surface area contributed by atoms with Gasteiger partial charge in [-0.2, -0.15) is 13.2 Å². The van der Waals surface area contributed by atoms with E-state index in [4.69, 9.17) is 4.74 Å². The average Bonchev–Trinajstić information content (AvgIpc) is 2.70. The van der Waals surface area contributed by atoms with Crippen LogP contribution in [0.5, 0.6) is 0 Å². The predicted molar refractivity (Wildman–Crippen MR) is 117 cm³/mol. The summed E-state index contributed by atoms with van der Waals surface area (Å²) in [4.78, 5) is 25.1. The van der Waals surface area contributed by atoms with Crippen LogP contribution in [0.25, 0.3) is 0 Å². The van der Waals surface area contributed by atoms with E-state index in [1.54, 1.807) is 33.8 Å². The molecule has 0 aromatic heterocycles. The van der Waals surface area contributed by atoms with Crippen LogP contribution >= 0.6 is 0 Å². The van der Waals surface area contributed by atoms with Gasteiger partial charge in [0.25, 0.3) is 0 Å². The topological polar surface area (TPSA) is 55.4 Å². The van der Waals surface area contributed by atoms with Crippen LogP contribution in [-0.2, 0) is 10.9 Å². The maximum Gasteiger partial charge on any atom is 0.416 e. The molecule has 0 aliphatic rings. The van der Waals surface area contributed by atoms with Crippen molar-refractivity contribution in [2.24, 2.45) is 5.92 Å². The number of carbonyl (C=O) groups excluding carboxylic acids is 2. The summed E-state index contributed by atoms with van der Waals surface area (Å²) in [6.07, 6.45) is -3.34. The van der Waals surface area contributed by atoms with Crippen molar-refractivity contribution in [2.45, 2.75) is 52.4 Å². The zero-order valence-corrected chi connectivity index (χ0v) is 18.8. The molecule has 0 aliphatic heterocycles. The highest BCUT2D eigenvalue weighted by Crippen LogP contribution is 2.30. The molecule has 2 aromatic carbocycles. The molecule has 0 saturated carbocycles. The largest absolute Gasteiger partial charge is 0.444 e. The molecule has 172 valence electrons. The van der Waals surface area contributed by atoms with Gasteiger partial charge in [0.1, 0.15) is 5.60 Å². The molecule has 2 aromatic rings. The highest BCUT2D eigenvalue weighted by Gasteiger charge is 2.30. The molecule has 0 spiro atoms. The molecule has 0 heterocycles. The van der Waals surface area contributed by atoms with Crippen molar-refractivity contribution in [2.75, 3.05) is 0 Å². The fourth-order valence-electron chi connectivity index (χ4n) is 3.22. The number of Topliss-reactive ketones (excluding diaryl/α,β-unsaturated/α-hetero) is 1. The molecule has 0 unspecified atom stereocenters. The zero-order valence-electron chi connectivity index (χ0n) is 18.8. The number of alkyl halides is 3. The van der Waals surface area contributed by atoms with Crippen LogP contribution in [0.3, 0.4) is 0 Å². The van der Waals surface area contributed by atoms with E-state index in [9.17, 15) is 22.8 Å². The minimum absolute atomic E-state index is 0.162. The SMILES string of the molecule is C/C(=C\[C@H](C)[C@H](NC(=O)OC(C)(C)C)c1ccccc1)C(=O)c1ccc(C(F)(F)F)cc1. The number of carbonyl (C=O) groups is 2. The van der Waals surface area contributed by atoms with Crippen LogP contribution < -0.4 is 5.32 Å². The number of amides is 1. The van der Waals surface area contributed by atoms with Crippen molar-refractivity contribution < 1.29 is 27.5 Å². The number of benzene rings is 2. The quantitative estimate of drug-likeness (QED) is 0.394. The molecule has 0 saturated heterocycles. The van der Waals surface area contributed by atoms with Gasteiger partial charge in [0.15, 0.2) is 5.78 Å². The summed E-state index contributed by atoms with van der Waals surface area (Å²) < 4.78 is 43.7. The van der Waals surface area contributed by atoms with Gasteiger partial charge in [-0.15, -0.1) is 0 Å². The van der Waals surface area contributed by atoms with Crippen LogP contribution in [-0.4, -0.2) is 17.5 Å². The van der Waals surface area contributed by atoms with Gasteiger partial charge in [0.2, 0.25) is 0 Å². The normalized spacial score (nSPS) is 14.4. The van der Waals surface area contributed by atoms with Crippen molar-refractivity contribution >= 4 is 11.9 Å². The van der Waals surface area contributed by atoms with Crippen LogP contribution in [0, 0.1) is 5.92 Å². The maximum absolute atomic E-state index is 12.8. The highest BCUT2D eigenvalue weighted by atomic mass is 19.4. The van der Waals surface area contributed by atoms with Crippen LogP contribution in [0.4, 0.5) is 18.0 Å². The maximum atomic E-state index is 12.8. The number of hydrogen-bond acceptors (Lipinski definition) is 3. The van der Waals surface area contributed by atoms with Gasteiger partial charge in [-0.3, -0.25) is 4.79 Å². The van der Waals surface area contributed by atoms with Crippen LogP contribution in [0.15, 0.2) is 66.2 Å². The predicted octanol–water partition coefficient (Wildman–Crippen LogP) is 6.74. The number of ether oxygens (including phenoxy) is 1. The minimum atomic E-state index is -4.46. The van der Waals surface area contributed by atoms with Crippen molar-refractivity contribution in [3.63, 3.8) is 0 Å². The second-order valence-corrected chi connectivity index (χ2v) is 8.65. The second kappa shape index (κ2) is 10.0. The Morgan fingerprint density at radius 2 is 1.53 bits per heavy atom. The molecule has 4 nitrogen and oxygen atoms in total. The number of rotatable bonds is 6. The first-order chi connectivity index (χ1) is 14.8. The smallest absolute Gasteiger partial charge is 0.416 e. The van der Waals surface area contributed by atoms with Crippen LogP contribution in [0.1, 0.15) is 62.1 Å². The standard InChI is InChI=1S/C25H28F3NO3/c1-16(15-17(2)22(30)19-11-13-20(14-12-19)25(26,27)28)21(18-9-7-6-8-10-18)29-23(31)32-24(3,4)5/h6-16,21H,1-5H3,(H,29,31)/b17-15+/t16-,21-/m0/s1. The van der Waals surface area contributed by atoms with Gasteiger partial charge in [-0.05, 0) is 56.9 Å². The van der Waals surface area contributed by atoms with Gasteiger partial charge in [-0.25, -0.2) is 4.79 Å². The Hall–Kier alpha value is -3.09. The Kier molecular flexibility index (Phi) is 7.88. The summed E-state index contributed by atoms with van der Waals surface area (Å²) in [6, 6.07) is 12.9. The van der Waals surface area contributed by atoms with Crippen molar-refractivity contribution in [1.29, 1.82) is 0 Å². The molecule has 1 N–H and O–H groups in total. The van der Waals surface area contributed by atoms with Gasteiger partial charge < -0.3 is 10.1 Å². The monoisotopic (exact) mass is 447 g/mol. The molecule has 2 rings (SSSR count). The van der Waals surface area contributed by atoms with E-state index in [0.29, 0.717) is 5.57 Å². The fourth-order valence-corrected chi connectivity index (χ4v) is 3.22. The number of alkyl carbamates (subject to hydrolysis) is 1. The summed E-state index contributed by atoms with van der Waals surface area (Å²) in [6.45, 7) is 8.74. The molecular formula is C25H28F3NO3.